The van der Waals surface area contributed by atoms with Gasteiger partial charge in [0, 0.05) is 19.0 Å². The van der Waals surface area contributed by atoms with Crippen LogP contribution in [0, 0.1) is 0 Å². The van der Waals surface area contributed by atoms with Crippen LogP contribution in [-0.2, 0) is 17.8 Å². The van der Waals surface area contributed by atoms with Gasteiger partial charge in [-0.3, -0.25) is 0 Å². The van der Waals surface area contributed by atoms with Crippen LogP contribution in [0.3, 0.4) is 0 Å². The van der Waals surface area contributed by atoms with Crippen LogP contribution in [0.25, 0.3) is 0 Å². The minimum Gasteiger partial charge on any atom is -0.496 e. The van der Waals surface area contributed by atoms with E-state index in [2.05, 4.69) is 24.4 Å². The molecule has 1 aliphatic heterocycles. The third kappa shape index (κ3) is 6.61. The number of ether oxygens (including phenoxy) is 2. The summed E-state index contributed by atoms with van der Waals surface area (Å²) in [6.07, 6.45) is -3.90. The molecule has 2 atom stereocenters. The lowest BCUT2D eigenvalue weighted by molar-refractivity contribution is -0.192. The van der Waals surface area contributed by atoms with Crippen LogP contribution in [0.4, 0.5) is 13.2 Å². The smallest absolute Gasteiger partial charge is 0.490 e. The zero-order valence-electron chi connectivity index (χ0n) is 17.7. The summed E-state index contributed by atoms with van der Waals surface area (Å²) in [5.74, 6) is -2.40. The van der Waals surface area contributed by atoms with E-state index in [0.717, 1.165) is 17.7 Å². The molecule has 0 amide bonds. The van der Waals surface area contributed by atoms with E-state index >= 15 is 0 Å². The van der Waals surface area contributed by atoms with Gasteiger partial charge in [0.25, 0.3) is 0 Å². The van der Waals surface area contributed by atoms with Crippen LogP contribution in [0.15, 0.2) is 36.4 Å². The van der Waals surface area contributed by atoms with Crippen molar-refractivity contribution in [3.05, 3.63) is 58.7 Å². The molecule has 0 saturated carbocycles. The normalized spacial score (nSPS) is 15.6. The van der Waals surface area contributed by atoms with Crippen molar-refractivity contribution in [2.45, 2.75) is 45.1 Å². The minimum absolute atomic E-state index is 0.0208. The Labute approximate surface area is 182 Å². The Morgan fingerprint density at radius 2 is 1.88 bits per heavy atom. The first-order valence-corrected chi connectivity index (χ1v) is 9.65. The van der Waals surface area contributed by atoms with Gasteiger partial charge >= 0.3 is 18.1 Å². The number of aliphatic carboxylic acids is 1. The molecule has 174 valence electrons. The predicted octanol–water partition coefficient (Wildman–Crippen LogP) is 4.20. The molecule has 0 bridgehead atoms. The molecule has 10 heteroatoms. The number of carboxylic acids is 2. The van der Waals surface area contributed by atoms with E-state index in [-0.39, 0.29) is 17.7 Å². The number of hydrogen-bond donors (Lipinski definition) is 3. The maximum atomic E-state index is 11.4. The fourth-order valence-electron chi connectivity index (χ4n) is 3.14. The van der Waals surface area contributed by atoms with Crippen LogP contribution in [0.5, 0.6) is 11.5 Å². The third-order valence-electron chi connectivity index (χ3n) is 4.77. The summed E-state index contributed by atoms with van der Waals surface area (Å²) in [5.41, 5.74) is 3.53. The molecule has 0 aromatic heterocycles. The zero-order chi connectivity index (χ0) is 24.1. The number of aromatic carboxylic acids is 1. The lowest BCUT2D eigenvalue weighted by Gasteiger charge is -2.16. The lowest BCUT2D eigenvalue weighted by atomic mass is 10.0. The second-order valence-corrected chi connectivity index (χ2v) is 7.25. The Morgan fingerprint density at radius 3 is 2.44 bits per heavy atom. The summed E-state index contributed by atoms with van der Waals surface area (Å²) in [7, 11) is 1.47. The highest BCUT2D eigenvalue weighted by Crippen LogP contribution is 2.29. The number of nitrogens with one attached hydrogen (secondary N) is 1. The summed E-state index contributed by atoms with van der Waals surface area (Å²) < 4.78 is 42.6. The van der Waals surface area contributed by atoms with Crippen LogP contribution in [0.1, 0.15) is 46.9 Å². The van der Waals surface area contributed by atoms with E-state index in [1.165, 1.54) is 18.2 Å². The van der Waals surface area contributed by atoms with E-state index in [0.29, 0.717) is 12.3 Å². The molecular formula is C22H24F3NO6. The van der Waals surface area contributed by atoms with Crippen molar-refractivity contribution in [1.29, 1.82) is 0 Å². The number of rotatable bonds is 6. The number of fused-ring (bicyclic) bond motifs is 1. The summed E-state index contributed by atoms with van der Waals surface area (Å²) in [6.45, 7) is 4.80. The lowest BCUT2D eigenvalue weighted by Crippen LogP contribution is -2.21. The standard InChI is InChI=1S/C20H23NO4.C2HF3O2/c1-12-8-16-9-14(4-6-18(16)25-12)11-21-13(2)15-5-7-19(24-3)17(10-15)20(22)23;3-2(4,5)1(6)7/h4-7,9-10,12-13,21H,8,11H2,1-3H3,(H,22,23);(H,6,7)/t12?,13-;/m0./s1. The minimum atomic E-state index is -5.08. The number of alkyl halides is 3. The van der Waals surface area contributed by atoms with Crippen molar-refractivity contribution in [3.8, 4) is 11.5 Å². The highest BCUT2D eigenvalue weighted by molar-refractivity contribution is 5.91. The van der Waals surface area contributed by atoms with Crippen LogP contribution in [-0.4, -0.2) is 41.5 Å². The molecule has 0 fully saturated rings. The molecule has 2 aromatic carbocycles. The van der Waals surface area contributed by atoms with E-state index in [9.17, 15) is 23.1 Å². The highest BCUT2D eigenvalue weighted by Gasteiger charge is 2.38. The average molecular weight is 455 g/mol. The first-order chi connectivity index (χ1) is 14.9. The third-order valence-corrected chi connectivity index (χ3v) is 4.77. The van der Waals surface area contributed by atoms with Gasteiger partial charge < -0.3 is 25.0 Å². The quantitative estimate of drug-likeness (QED) is 0.600. The Hall–Kier alpha value is -3.27. The van der Waals surface area contributed by atoms with Crippen molar-refractivity contribution in [1.82, 2.24) is 5.32 Å². The molecule has 1 unspecified atom stereocenters. The fraction of sp³-hybridized carbons (Fsp3) is 0.364. The van der Waals surface area contributed by atoms with Gasteiger partial charge in [0.1, 0.15) is 23.2 Å². The molecule has 1 heterocycles. The molecule has 0 spiro atoms. The van der Waals surface area contributed by atoms with Crippen molar-refractivity contribution in [3.63, 3.8) is 0 Å². The highest BCUT2D eigenvalue weighted by atomic mass is 19.4. The Kier molecular flexibility index (Phi) is 8.09. The summed E-state index contributed by atoms with van der Waals surface area (Å²) in [6, 6.07) is 11.5. The number of methoxy groups -OCH3 is 1. The van der Waals surface area contributed by atoms with Gasteiger partial charge in [0.15, 0.2) is 0 Å². The van der Waals surface area contributed by atoms with Gasteiger partial charge in [0.2, 0.25) is 0 Å². The Bertz CT molecular complexity index is 977. The fourth-order valence-corrected chi connectivity index (χ4v) is 3.14. The van der Waals surface area contributed by atoms with Gasteiger partial charge in [-0.2, -0.15) is 13.2 Å². The van der Waals surface area contributed by atoms with Crippen LogP contribution >= 0.6 is 0 Å². The topological polar surface area (TPSA) is 105 Å². The molecule has 3 N–H and O–H groups in total. The first-order valence-electron chi connectivity index (χ1n) is 9.65. The molecule has 2 aromatic rings. The summed E-state index contributed by atoms with van der Waals surface area (Å²) in [5, 5.41) is 19.9. The monoisotopic (exact) mass is 455 g/mol. The summed E-state index contributed by atoms with van der Waals surface area (Å²) >= 11 is 0. The van der Waals surface area contributed by atoms with Crippen LogP contribution < -0.4 is 14.8 Å². The van der Waals surface area contributed by atoms with Gasteiger partial charge in [-0.1, -0.05) is 18.2 Å². The number of carboxylic acid groups (broad SMARTS) is 2. The van der Waals surface area contributed by atoms with Gasteiger partial charge in [-0.05, 0) is 48.7 Å². The van der Waals surface area contributed by atoms with E-state index < -0.39 is 18.1 Å². The predicted molar refractivity (Wildman–Crippen MR) is 109 cm³/mol. The average Bonchev–Trinajstić information content (AvgIpc) is 3.10. The molecule has 3 rings (SSSR count). The first kappa shape index (κ1) is 25.0. The van der Waals surface area contributed by atoms with Crippen molar-refractivity contribution >= 4 is 11.9 Å². The molecule has 0 aliphatic carbocycles. The summed E-state index contributed by atoms with van der Waals surface area (Å²) in [4.78, 5) is 20.3. The molecule has 0 saturated heterocycles. The second kappa shape index (κ2) is 10.4. The van der Waals surface area contributed by atoms with Crippen molar-refractivity contribution in [2.75, 3.05) is 7.11 Å². The SMILES string of the molecule is COc1ccc([C@H](C)NCc2ccc3c(c2)CC(C)O3)cc1C(=O)O.O=C(O)C(F)(F)F. The van der Waals surface area contributed by atoms with E-state index in [1.807, 2.05) is 19.1 Å². The molecule has 7 nitrogen and oxygen atoms in total. The number of hydrogen-bond acceptors (Lipinski definition) is 5. The van der Waals surface area contributed by atoms with E-state index in [4.69, 9.17) is 19.4 Å². The second-order valence-electron chi connectivity index (χ2n) is 7.25. The molecule has 1 aliphatic rings. The van der Waals surface area contributed by atoms with Gasteiger partial charge in [-0.25, -0.2) is 9.59 Å². The maximum Gasteiger partial charge on any atom is 0.490 e. The number of halogens is 3. The Balaban J connectivity index is 0.000000451. The van der Waals surface area contributed by atoms with Crippen molar-refractivity contribution < 1.29 is 42.4 Å². The number of benzene rings is 2. The molecular weight excluding hydrogens is 431 g/mol. The zero-order valence-corrected chi connectivity index (χ0v) is 17.7. The van der Waals surface area contributed by atoms with Crippen molar-refractivity contribution in [2.24, 2.45) is 0 Å². The number of carbonyl (C=O) groups is 2. The molecule has 32 heavy (non-hydrogen) atoms. The van der Waals surface area contributed by atoms with Gasteiger partial charge in [-0.15, -0.1) is 0 Å². The van der Waals surface area contributed by atoms with E-state index in [1.54, 1.807) is 12.1 Å². The van der Waals surface area contributed by atoms with Gasteiger partial charge in [0.05, 0.1) is 7.11 Å². The largest absolute Gasteiger partial charge is 0.496 e. The van der Waals surface area contributed by atoms with Crippen LogP contribution in [0.2, 0.25) is 0 Å². The molecule has 0 radical (unpaired) electrons. The Morgan fingerprint density at radius 1 is 1.22 bits per heavy atom. The maximum absolute atomic E-state index is 11.4.